The van der Waals surface area contributed by atoms with Crippen molar-refractivity contribution in [1.29, 1.82) is 0 Å². The van der Waals surface area contributed by atoms with Crippen LogP contribution in [0.2, 0.25) is 0 Å². The molecule has 1 unspecified atom stereocenters. The number of aromatic nitrogens is 3. The number of hydrogen-bond donors (Lipinski definition) is 2. The second-order valence-electron chi connectivity index (χ2n) is 5.42. The molecule has 8 nitrogen and oxygen atoms in total. The number of methoxy groups -OCH3 is 1. The molecule has 0 aliphatic rings. The summed E-state index contributed by atoms with van der Waals surface area (Å²) in [6.45, 7) is 3.89. The molecule has 0 spiro atoms. The number of rotatable bonds is 7. The second kappa shape index (κ2) is 7.69. The Morgan fingerprint density at radius 2 is 2.12 bits per heavy atom. The number of nitrogens with one attached hydrogen (secondary N) is 1. The van der Waals surface area contributed by atoms with Gasteiger partial charge in [-0.25, -0.2) is 9.48 Å². The zero-order chi connectivity index (χ0) is 17.7. The Morgan fingerprint density at radius 3 is 2.75 bits per heavy atom. The summed E-state index contributed by atoms with van der Waals surface area (Å²) in [6.07, 6.45) is 0.169. The van der Waals surface area contributed by atoms with Crippen molar-refractivity contribution in [3.63, 3.8) is 0 Å². The van der Waals surface area contributed by atoms with Crippen LogP contribution in [0.3, 0.4) is 0 Å². The molecule has 24 heavy (non-hydrogen) atoms. The van der Waals surface area contributed by atoms with Crippen LogP contribution >= 0.6 is 0 Å². The number of aryl methyl sites for hydroxylation is 1. The van der Waals surface area contributed by atoms with Gasteiger partial charge in [-0.05, 0) is 31.5 Å². The van der Waals surface area contributed by atoms with Gasteiger partial charge in [0.1, 0.15) is 6.04 Å². The van der Waals surface area contributed by atoms with E-state index in [9.17, 15) is 9.59 Å². The van der Waals surface area contributed by atoms with Crippen molar-refractivity contribution in [3.8, 4) is 5.69 Å². The third kappa shape index (κ3) is 3.96. The summed E-state index contributed by atoms with van der Waals surface area (Å²) in [6, 6.07) is 6.57. The lowest BCUT2D eigenvalue weighted by Crippen LogP contribution is -2.41. The van der Waals surface area contributed by atoms with Gasteiger partial charge in [0, 0.05) is 20.1 Å². The van der Waals surface area contributed by atoms with E-state index in [-0.39, 0.29) is 18.7 Å². The van der Waals surface area contributed by atoms with Crippen molar-refractivity contribution in [3.05, 3.63) is 41.2 Å². The van der Waals surface area contributed by atoms with Gasteiger partial charge in [0.05, 0.1) is 11.4 Å². The predicted octanol–water partition coefficient (Wildman–Crippen LogP) is 1.10. The first kappa shape index (κ1) is 17.6. The Labute approximate surface area is 139 Å². The highest BCUT2D eigenvalue weighted by Crippen LogP contribution is 2.13. The molecule has 1 aromatic heterocycles. The SMILES string of the molecule is COCCC(NC(=O)c1nnn(-c2cccc(C)c2)c1C)C(=O)O. The summed E-state index contributed by atoms with van der Waals surface area (Å²) >= 11 is 0. The van der Waals surface area contributed by atoms with Crippen LogP contribution in [0.1, 0.15) is 28.2 Å². The standard InChI is InChI=1S/C16H20N4O4/c1-10-5-4-6-12(9-10)20-11(2)14(18-19-20)15(21)17-13(16(22)23)7-8-24-3/h4-6,9,13H,7-8H2,1-3H3,(H,17,21)(H,22,23). The zero-order valence-electron chi connectivity index (χ0n) is 13.8. The van der Waals surface area contributed by atoms with Crippen LogP contribution in [-0.2, 0) is 9.53 Å². The molecule has 0 aliphatic heterocycles. The normalized spacial score (nSPS) is 12.0. The van der Waals surface area contributed by atoms with Crippen molar-refractivity contribution in [2.24, 2.45) is 0 Å². The molecular weight excluding hydrogens is 312 g/mol. The lowest BCUT2D eigenvalue weighted by atomic mass is 10.2. The largest absolute Gasteiger partial charge is 0.480 e. The van der Waals surface area contributed by atoms with Gasteiger partial charge in [-0.3, -0.25) is 4.79 Å². The van der Waals surface area contributed by atoms with E-state index in [1.807, 2.05) is 31.2 Å². The number of carbonyl (C=O) groups is 2. The van der Waals surface area contributed by atoms with Gasteiger partial charge >= 0.3 is 5.97 Å². The van der Waals surface area contributed by atoms with Gasteiger partial charge in [0.25, 0.3) is 5.91 Å². The van der Waals surface area contributed by atoms with Crippen molar-refractivity contribution >= 4 is 11.9 Å². The molecule has 8 heteroatoms. The quantitative estimate of drug-likeness (QED) is 0.786. The molecule has 1 aromatic carbocycles. The maximum absolute atomic E-state index is 12.3. The number of carboxylic acids is 1. The number of hydrogen-bond acceptors (Lipinski definition) is 5. The average Bonchev–Trinajstić information content (AvgIpc) is 2.92. The number of benzene rings is 1. The molecule has 2 N–H and O–H groups in total. The van der Waals surface area contributed by atoms with Crippen molar-refractivity contribution in [2.75, 3.05) is 13.7 Å². The number of carboxylic acid groups (broad SMARTS) is 1. The monoisotopic (exact) mass is 332 g/mol. The number of nitrogens with zero attached hydrogens (tertiary/aromatic N) is 3. The highest BCUT2D eigenvalue weighted by atomic mass is 16.5. The number of amides is 1. The molecule has 0 saturated carbocycles. The second-order valence-corrected chi connectivity index (χ2v) is 5.42. The Hall–Kier alpha value is -2.74. The fourth-order valence-electron chi connectivity index (χ4n) is 2.26. The fourth-order valence-corrected chi connectivity index (χ4v) is 2.26. The topological polar surface area (TPSA) is 106 Å². The van der Waals surface area contributed by atoms with E-state index in [0.29, 0.717) is 5.69 Å². The van der Waals surface area contributed by atoms with E-state index in [4.69, 9.17) is 9.84 Å². The first-order valence-corrected chi connectivity index (χ1v) is 7.46. The third-order valence-electron chi connectivity index (χ3n) is 3.57. The van der Waals surface area contributed by atoms with E-state index < -0.39 is 17.9 Å². The summed E-state index contributed by atoms with van der Waals surface area (Å²) in [5.41, 5.74) is 2.47. The molecule has 1 amide bonds. The lowest BCUT2D eigenvalue weighted by Gasteiger charge is -2.13. The minimum Gasteiger partial charge on any atom is -0.480 e. The van der Waals surface area contributed by atoms with E-state index in [0.717, 1.165) is 11.3 Å². The zero-order valence-corrected chi connectivity index (χ0v) is 13.8. The molecule has 1 atom stereocenters. The highest BCUT2D eigenvalue weighted by Gasteiger charge is 2.24. The van der Waals surface area contributed by atoms with Crippen LogP contribution in [0.15, 0.2) is 24.3 Å². The molecular formula is C16H20N4O4. The maximum Gasteiger partial charge on any atom is 0.326 e. The minimum atomic E-state index is -1.12. The Bertz CT molecular complexity index is 741. The van der Waals surface area contributed by atoms with Crippen LogP contribution in [0.5, 0.6) is 0 Å². The van der Waals surface area contributed by atoms with Crippen LogP contribution in [0.4, 0.5) is 0 Å². The third-order valence-corrected chi connectivity index (χ3v) is 3.57. The van der Waals surface area contributed by atoms with Crippen molar-refractivity contribution < 1.29 is 19.4 Å². The van der Waals surface area contributed by atoms with Crippen LogP contribution < -0.4 is 5.32 Å². The van der Waals surface area contributed by atoms with Crippen molar-refractivity contribution in [1.82, 2.24) is 20.3 Å². The molecule has 0 radical (unpaired) electrons. The number of aliphatic carboxylic acids is 1. The van der Waals surface area contributed by atoms with Crippen LogP contribution in [-0.4, -0.2) is 51.7 Å². The maximum atomic E-state index is 12.3. The van der Waals surface area contributed by atoms with Gasteiger partial charge in [-0.2, -0.15) is 0 Å². The van der Waals surface area contributed by atoms with Crippen LogP contribution in [0.25, 0.3) is 5.69 Å². The Balaban J connectivity index is 2.20. The molecule has 0 fully saturated rings. The van der Waals surface area contributed by atoms with E-state index in [1.54, 1.807) is 11.6 Å². The average molecular weight is 332 g/mol. The summed E-state index contributed by atoms with van der Waals surface area (Å²) in [4.78, 5) is 23.5. The molecule has 1 heterocycles. The Kier molecular flexibility index (Phi) is 5.64. The molecule has 2 rings (SSSR count). The molecule has 0 bridgehead atoms. The van der Waals surface area contributed by atoms with Gasteiger partial charge in [-0.1, -0.05) is 17.3 Å². The first-order valence-electron chi connectivity index (χ1n) is 7.46. The minimum absolute atomic E-state index is 0.0974. The number of ether oxygens (including phenoxy) is 1. The molecule has 2 aromatic rings. The Morgan fingerprint density at radius 1 is 1.38 bits per heavy atom. The molecule has 0 aliphatic carbocycles. The summed E-state index contributed by atoms with van der Waals surface area (Å²) < 4.78 is 6.41. The van der Waals surface area contributed by atoms with Gasteiger partial charge < -0.3 is 15.2 Å². The van der Waals surface area contributed by atoms with E-state index in [2.05, 4.69) is 15.6 Å². The van der Waals surface area contributed by atoms with Gasteiger partial charge in [-0.15, -0.1) is 5.10 Å². The summed E-state index contributed by atoms with van der Waals surface area (Å²) in [7, 11) is 1.47. The summed E-state index contributed by atoms with van der Waals surface area (Å²) in [5.74, 6) is -1.70. The van der Waals surface area contributed by atoms with E-state index >= 15 is 0 Å². The van der Waals surface area contributed by atoms with Crippen LogP contribution in [0, 0.1) is 13.8 Å². The molecule has 0 saturated heterocycles. The predicted molar refractivity (Wildman–Crippen MR) is 86.2 cm³/mol. The smallest absolute Gasteiger partial charge is 0.326 e. The molecule has 128 valence electrons. The first-order chi connectivity index (χ1) is 11.4. The van der Waals surface area contributed by atoms with E-state index in [1.165, 1.54) is 7.11 Å². The number of carbonyl (C=O) groups excluding carboxylic acids is 1. The highest BCUT2D eigenvalue weighted by molar-refractivity contribution is 5.95. The van der Waals surface area contributed by atoms with Gasteiger partial charge in [0.2, 0.25) is 0 Å². The van der Waals surface area contributed by atoms with Gasteiger partial charge in [0.15, 0.2) is 5.69 Å². The summed E-state index contributed by atoms with van der Waals surface area (Å²) in [5, 5.41) is 19.5. The fraction of sp³-hybridized carbons (Fsp3) is 0.375. The van der Waals surface area contributed by atoms with Crippen molar-refractivity contribution in [2.45, 2.75) is 26.3 Å². The lowest BCUT2D eigenvalue weighted by molar-refractivity contribution is -0.139.